The molecule has 0 radical (unpaired) electrons. The normalized spacial score (nSPS) is 11.8. The molecule has 1 aromatic heterocycles. The lowest BCUT2D eigenvalue weighted by atomic mass is 10.2. The third-order valence-electron chi connectivity index (χ3n) is 5.30. The number of hydrogen-bond donors (Lipinski definition) is 1. The van der Waals surface area contributed by atoms with Gasteiger partial charge >= 0.3 is 0 Å². The molecule has 0 bridgehead atoms. The van der Waals surface area contributed by atoms with Crippen LogP contribution in [0.1, 0.15) is 26.1 Å². The summed E-state index contributed by atoms with van der Waals surface area (Å²) in [5.74, 6) is 1.00. The average molecular weight is 479 g/mol. The number of sulfonamides is 1. The van der Waals surface area contributed by atoms with Gasteiger partial charge in [0.1, 0.15) is 11.6 Å². The standard InChI is InChI=1S/C22H27ClN4O4S/c1-5-27(6-2)32(29,30)16-8-9-19-17(14-16)24-21(26(19)3)11-12-22(28)25-18-13-15(23)7-10-20(18)31-4/h7-10,13-14H,5-6,11-12H2,1-4H3,(H,25,28). The molecule has 0 atom stereocenters. The van der Waals surface area contributed by atoms with Crippen LogP contribution in [-0.4, -0.2) is 48.4 Å². The number of ether oxygens (including phenoxy) is 1. The molecule has 10 heteroatoms. The Kier molecular flexibility index (Phi) is 7.43. The van der Waals surface area contributed by atoms with Gasteiger partial charge in [-0.3, -0.25) is 4.79 Å². The van der Waals surface area contributed by atoms with E-state index in [1.165, 1.54) is 11.4 Å². The van der Waals surface area contributed by atoms with Gasteiger partial charge < -0.3 is 14.6 Å². The molecule has 1 N–H and O–H groups in total. The molecule has 3 aromatic rings. The van der Waals surface area contributed by atoms with E-state index in [-0.39, 0.29) is 17.2 Å². The van der Waals surface area contributed by atoms with E-state index in [2.05, 4.69) is 10.3 Å². The highest BCUT2D eigenvalue weighted by atomic mass is 35.5. The van der Waals surface area contributed by atoms with Crippen LogP contribution < -0.4 is 10.1 Å². The average Bonchev–Trinajstić information content (AvgIpc) is 3.08. The second-order valence-corrected chi connectivity index (χ2v) is 9.59. The number of hydrogen-bond acceptors (Lipinski definition) is 5. The van der Waals surface area contributed by atoms with Gasteiger partial charge in [-0.15, -0.1) is 0 Å². The van der Waals surface area contributed by atoms with Gasteiger partial charge in [0.05, 0.1) is 28.7 Å². The zero-order valence-electron chi connectivity index (χ0n) is 18.6. The molecule has 32 heavy (non-hydrogen) atoms. The second-order valence-electron chi connectivity index (χ2n) is 7.22. The number of aryl methyl sites for hydroxylation is 2. The first-order valence-electron chi connectivity index (χ1n) is 10.3. The molecule has 0 unspecified atom stereocenters. The number of carbonyl (C=O) groups excluding carboxylic acids is 1. The molecular formula is C22H27ClN4O4S. The number of anilines is 1. The lowest BCUT2D eigenvalue weighted by Gasteiger charge is -2.18. The predicted octanol–water partition coefficient (Wildman–Crippen LogP) is 3.84. The number of rotatable bonds is 9. The Morgan fingerprint density at radius 3 is 2.56 bits per heavy atom. The lowest BCUT2D eigenvalue weighted by molar-refractivity contribution is -0.116. The molecule has 2 aromatic carbocycles. The summed E-state index contributed by atoms with van der Waals surface area (Å²) >= 11 is 6.01. The zero-order chi connectivity index (χ0) is 23.5. The van der Waals surface area contributed by atoms with E-state index in [0.717, 1.165) is 5.52 Å². The third kappa shape index (κ3) is 4.90. The van der Waals surface area contributed by atoms with E-state index in [4.69, 9.17) is 16.3 Å². The molecule has 1 amide bonds. The van der Waals surface area contributed by atoms with Crippen LogP contribution in [0.25, 0.3) is 11.0 Å². The molecule has 3 rings (SSSR count). The Hall–Kier alpha value is -2.62. The first-order valence-corrected chi connectivity index (χ1v) is 12.1. The van der Waals surface area contributed by atoms with Gasteiger partial charge in [-0.2, -0.15) is 4.31 Å². The van der Waals surface area contributed by atoms with Crippen LogP contribution in [0.5, 0.6) is 5.75 Å². The maximum atomic E-state index is 12.8. The van der Waals surface area contributed by atoms with Gasteiger partial charge in [0.2, 0.25) is 15.9 Å². The minimum Gasteiger partial charge on any atom is -0.495 e. The van der Waals surface area contributed by atoms with Crippen LogP contribution >= 0.6 is 11.6 Å². The topological polar surface area (TPSA) is 93.5 Å². The number of fused-ring (bicyclic) bond motifs is 1. The van der Waals surface area contributed by atoms with Crippen molar-refractivity contribution in [2.24, 2.45) is 7.05 Å². The van der Waals surface area contributed by atoms with Crippen LogP contribution in [-0.2, 0) is 28.3 Å². The number of carbonyl (C=O) groups is 1. The molecular weight excluding hydrogens is 452 g/mol. The van der Waals surface area contributed by atoms with Crippen LogP contribution in [0.2, 0.25) is 5.02 Å². The largest absolute Gasteiger partial charge is 0.495 e. The quantitative estimate of drug-likeness (QED) is 0.504. The summed E-state index contributed by atoms with van der Waals surface area (Å²) in [6.07, 6.45) is 0.579. The minimum atomic E-state index is -3.57. The number of amides is 1. The van der Waals surface area contributed by atoms with E-state index >= 15 is 0 Å². The van der Waals surface area contributed by atoms with Gasteiger partial charge in [-0.05, 0) is 36.4 Å². The number of halogens is 1. The van der Waals surface area contributed by atoms with E-state index in [9.17, 15) is 13.2 Å². The highest BCUT2D eigenvalue weighted by Crippen LogP contribution is 2.28. The lowest BCUT2D eigenvalue weighted by Crippen LogP contribution is -2.30. The first kappa shape index (κ1) is 24.0. The molecule has 0 aliphatic heterocycles. The number of nitrogens with one attached hydrogen (secondary N) is 1. The number of methoxy groups -OCH3 is 1. The van der Waals surface area contributed by atoms with Crippen molar-refractivity contribution in [2.45, 2.75) is 31.6 Å². The van der Waals surface area contributed by atoms with Gasteiger partial charge in [0, 0.05) is 38.0 Å². The molecule has 0 aliphatic rings. The first-order chi connectivity index (χ1) is 15.2. The van der Waals surface area contributed by atoms with Crippen molar-refractivity contribution in [1.82, 2.24) is 13.9 Å². The summed E-state index contributed by atoms with van der Waals surface area (Å²) in [4.78, 5) is 17.3. The summed E-state index contributed by atoms with van der Waals surface area (Å²) in [6.45, 7) is 4.42. The SMILES string of the molecule is CCN(CC)S(=O)(=O)c1ccc2c(c1)nc(CCC(=O)Nc1cc(Cl)ccc1OC)n2C. The number of imidazole rings is 1. The summed E-state index contributed by atoms with van der Waals surface area (Å²) in [5.41, 5.74) is 1.88. The van der Waals surface area contributed by atoms with Crippen LogP contribution in [0.15, 0.2) is 41.3 Å². The van der Waals surface area contributed by atoms with Crippen molar-refractivity contribution in [3.8, 4) is 5.75 Å². The number of nitrogens with zero attached hydrogens (tertiary/aromatic N) is 3. The zero-order valence-corrected chi connectivity index (χ0v) is 20.1. The Morgan fingerprint density at radius 1 is 1.19 bits per heavy atom. The highest BCUT2D eigenvalue weighted by molar-refractivity contribution is 7.89. The van der Waals surface area contributed by atoms with E-state index in [0.29, 0.717) is 47.3 Å². The van der Waals surface area contributed by atoms with Gasteiger partial charge in [-0.25, -0.2) is 13.4 Å². The predicted molar refractivity (Wildman–Crippen MR) is 126 cm³/mol. The van der Waals surface area contributed by atoms with Gasteiger partial charge in [-0.1, -0.05) is 25.4 Å². The van der Waals surface area contributed by atoms with E-state index in [1.54, 1.807) is 36.4 Å². The monoisotopic (exact) mass is 478 g/mol. The fourth-order valence-corrected chi connectivity index (χ4v) is 5.19. The fraction of sp³-hybridized carbons (Fsp3) is 0.364. The summed E-state index contributed by atoms with van der Waals surface area (Å²) in [5, 5.41) is 3.30. The Balaban J connectivity index is 1.78. The Labute approximate surface area is 193 Å². The van der Waals surface area contributed by atoms with E-state index in [1.807, 2.05) is 25.5 Å². The summed E-state index contributed by atoms with van der Waals surface area (Å²) in [7, 11) is -0.200. The highest BCUT2D eigenvalue weighted by Gasteiger charge is 2.23. The van der Waals surface area contributed by atoms with Crippen molar-refractivity contribution in [1.29, 1.82) is 0 Å². The second kappa shape index (κ2) is 9.89. The Bertz CT molecular complexity index is 1240. The molecule has 8 nitrogen and oxygen atoms in total. The van der Waals surface area contributed by atoms with Crippen molar-refractivity contribution >= 4 is 44.3 Å². The van der Waals surface area contributed by atoms with Gasteiger partial charge in [0.25, 0.3) is 0 Å². The van der Waals surface area contributed by atoms with Crippen molar-refractivity contribution in [3.63, 3.8) is 0 Å². The molecule has 0 saturated heterocycles. The molecule has 172 valence electrons. The van der Waals surface area contributed by atoms with E-state index < -0.39 is 10.0 Å². The maximum Gasteiger partial charge on any atom is 0.243 e. The maximum absolute atomic E-state index is 12.8. The molecule has 1 heterocycles. The van der Waals surface area contributed by atoms with Crippen LogP contribution in [0.4, 0.5) is 5.69 Å². The third-order valence-corrected chi connectivity index (χ3v) is 7.58. The van der Waals surface area contributed by atoms with Crippen LogP contribution in [0, 0.1) is 0 Å². The minimum absolute atomic E-state index is 0.192. The van der Waals surface area contributed by atoms with Crippen LogP contribution in [0.3, 0.4) is 0 Å². The van der Waals surface area contributed by atoms with Crippen molar-refractivity contribution in [2.75, 3.05) is 25.5 Å². The molecule has 0 aliphatic carbocycles. The smallest absolute Gasteiger partial charge is 0.243 e. The summed E-state index contributed by atoms with van der Waals surface area (Å²) < 4.78 is 34.2. The summed E-state index contributed by atoms with van der Waals surface area (Å²) in [6, 6.07) is 9.94. The van der Waals surface area contributed by atoms with Crippen molar-refractivity contribution < 1.29 is 17.9 Å². The number of benzene rings is 2. The molecule has 0 fully saturated rings. The fourth-order valence-electron chi connectivity index (χ4n) is 3.54. The van der Waals surface area contributed by atoms with Crippen molar-refractivity contribution in [3.05, 3.63) is 47.2 Å². The molecule has 0 saturated carbocycles. The number of aromatic nitrogens is 2. The van der Waals surface area contributed by atoms with Gasteiger partial charge in [0.15, 0.2) is 0 Å². The Morgan fingerprint density at radius 2 is 1.91 bits per heavy atom. The molecule has 0 spiro atoms.